The number of nitrogens with one attached hydrogen (secondary N) is 1. The number of halogens is 4. The Labute approximate surface area is 353 Å². The summed E-state index contributed by atoms with van der Waals surface area (Å²) in [7, 11) is -2.78. The molecule has 3 aromatic carbocycles. The number of aromatic hydroxyl groups is 2. The van der Waals surface area contributed by atoms with E-state index in [0.717, 1.165) is 4.47 Å². The first-order chi connectivity index (χ1) is 26.6. The molecule has 0 radical (unpaired) electrons. The fraction of sp³-hybridized carbons (Fsp3) is 0.432. The van der Waals surface area contributed by atoms with E-state index in [4.69, 9.17) is 47.7 Å². The molecule has 6 rings (SSSR count). The number of alkyl halides is 2. The second-order valence-corrected chi connectivity index (χ2v) is 17.4. The van der Waals surface area contributed by atoms with Gasteiger partial charge in [-0.2, -0.15) is 5.10 Å². The molecule has 0 spiro atoms. The van der Waals surface area contributed by atoms with Gasteiger partial charge in [0.25, 0.3) is 0 Å². The largest absolute Gasteiger partial charge is 0.507 e. The molecule has 3 aromatic rings. The highest BCUT2D eigenvalue weighted by Crippen LogP contribution is 2.53. The lowest BCUT2D eigenvalue weighted by Crippen LogP contribution is -2.52. The summed E-state index contributed by atoms with van der Waals surface area (Å²) >= 11 is 15.5. The maximum atomic E-state index is 14.6. The minimum Gasteiger partial charge on any atom is -0.507 e. The number of benzene rings is 3. The first kappa shape index (κ1) is 45.1. The molecule has 0 amide bonds. The first-order valence-electron chi connectivity index (χ1n) is 17.7. The second-order valence-electron chi connectivity index (χ2n) is 13.8. The van der Waals surface area contributed by atoms with Crippen LogP contribution >= 0.6 is 59.2 Å². The predicted octanol–water partition coefficient (Wildman–Crippen LogP) is 5.56. The van der Waals surface area contributed by atoms with Gasteiger partial charge in [-0.1, -0.05) is 28.1 Å². The van der Waals surface area contributed by atoms with Gasteiger partial charge in [-0.3, -0.25) is 9.59 Å². The normalized spacial score (nSPS) is 25.4. The molecule has 7 N–H and O–H groups in total. The molecule has 57 heavy (non-hydrogen) atoms. The van der Waals surface area contributed by atoms with Crippen LogP contribution in [0.1, 0.15) is 75.8 Å². The Hall–Kier alpha value is -2.99. The Morgan fingerprint density at radius 2 is 1.74 bits per heavy atom. The van der Waals surface area contributed by atoms with E-state index in [1.54, 1.807) is 31.2 Å². The lowest BCUT2D eigenvalue weighted by molar-refractivity contribution is -0.245. The summed E-state index contributed by atoms with van der Waals surface area (Å²) in [5.41, 5.74) is 2.91. The Balaban J connectivity index is 0.00000620. The molecule has 310 valence electrons. The molecular formula is C37H43BrCl3N4O11P. The zero-order valence-electron chi connectivity index (χ0n) is 31.0. The number of phenolic OH excluding ortho intramolecular Hbond substituents is 2. The molecule has 2 aliphatic carbocycles. The van der Waals surface area contributed by atoms with Crippen molar-refractivity contribution in [2.75, 3.05) is 32.0 Å². The fourth-order valence-corrected chi connectivity index (χ4v) is 9.86. The zero-order chi connectivity index (χ0) is 40.7. The van der Waals surface area contributed by atoms with Gasteiger partial charge in [0, 0.05) is 71.3 Å². The van der Waals surface area contributed by atoms with Crippen LogP contribution in [0.25, 0.3) is 0 Å². The van der Waals surface area contributed by atoms with Crippen molar-refractivity contribution in [2.24, 2.45) is 10.8 Å². The molecule has 7 unspecified atom stereocenters. The Morgan fingerprint density at radius 3 is 2.35 bits per heavy atom. The Bertz CT molecular complexity index is 2080. The number of nitrogens with two attached hydrogens (primary N) is 1. The average Bonchev–Trinajstić information content (AvgIpc) is 3.16. The molecule has 3 aliphatic rings. The van der Waals surface area contributed by atoms with Crippen molar-refractivity contribution in [2.45, 2.75) is 69.4 Å². The minimum atomic E-state index is -4.12. The zero-order valence-corrected chi connectivity index (χ0v) is 35.8. The number of ether oxygens (including phenoxy) is 3. The molecule has 0 saturated carbocycles. The van der Waals surface area contributed by atoms with Gasteiger partial charge in [0.05, 0.1) is 47.8 Å². The molecule has 0 aromatic heterocycles. The standard InChI is InChI=1S/C37H42BrCl2N4O11P.ClH/c1-18-32(45)24(41)15-27(53-18)54-26-17-37(50,19(2)42-43-56(51,44(13-11-39)14-12-40)55-21-9-7-20(38)8-10-21)16-23-29(26)36(49)31-30(34(23)47)33(46)22-5-4-6-25(52-3)28(22)35(31)48;/h4-10,18,24,26-27,32,45,47,49-50H,11-17,41H2,1-3H3,(H,43,51);1H/b42-19+;. The van der Waals surface area contributed by atoms with Gasteiger partial charge in [-0.15, -0.1) is 35.6 Å². The van der Waals surface area contributed by atoms with E-state index in [1.165, 1.54) is 36.9 Å². The number of hydrogen-bond donors (Lipinski definition) is 6. The SMILES string of the molecule is COc1cccc2c1C(=O)c1c(O)c3c(c(O)c1C2=O)CC(O)(/C(C)=N/NP(=O)(Oc1ccc(Br)cc1)N(CCCl)CCCl)CC3OC1CC(N)C(O)C(C)O1.Cl. The van der Waals surface area contributed by atoms with Gasteiger partial charge in [-0.05, 0) is 44.2 Å². The number of hydrazone groups is 1. The lowest BCUT2D eigenvalue weighted by atomic mass is 9.72. The molecule has 20 heteroatoms. The van der Waals surface area contributed by atoms with E-state index in [9.17, 15) is 34.6 Å². The van der Waals surface area contributed by atoms with Gasteiger partial charge in [0.15, 0.2) is 12.1 Å². The van der Waals surface area contributed by atoms with Gasteiger partial charge >= 0.3 is 7.67 Å². The summed E-state index contributed by atoms with van der Waals surface area (Å²) in [6.45, 7) is 3.24. The van der Waals surface area contributed by atoms with Gasteiger partial charge < -0.3 is 44.9 Å². The Kier molecular flexibility index (Phi) is 14.3. The number of carbonyl (C=O) groups is 2. The number of carbonyl (C=O) groups excluding carboxylic acids is 2. The van der Waals surface area contributed by atoms with E-state index < -0.39 is 84.5 Å². The minimum absolute atomic E-state index is 0. The predicted molar refractivity (Wildman–Crippen MR) is 219 cm³/mol. The van der Waals surface area contributed by atoms with E-state index >= 15 is 0 Å². The van der Waals surface area contributed by atoms with Crippen LogP contribution in [0.4, 0.5) is 0 Å². The number of aliphatic hydroxyl groups is 2. The van der Waals surface area contributed by atoms with Gasteiger partial charge in [0.1, 0.15) is 28.6 Å². The van der Waals surface area contributed by atoms with Crippen molar-refractivity contribution in [1.29, 1.82) is 0 Å². The number of aliphatic hydroxyl groups excluding tert-OH is 1. The van der Waals surface area contributed by atoms with Gasteiger partial charge in [-0.25, -0.2) is 14.4 Å². The van der Waals surface area contributed by atoms with E-state index in [-0.39, 0.29) is 89.6 Å². The number of fused-ring (bicyclic) bond motifs is 3. The quantitative estimate of drug-likeness (QED) is 0.0318. The molecule has 0 bridgehead atoms. The van der Waals surface area contributed by atoms with Crippen LogP contribution in [0.2, 0.25) is 0 Å². The number of ketones is 2. The average molecular weight is 937 g/mol. The number of hydrogen-bond acceptors (Lipinski definition) is 13. The third kappa shape index (κ3) is 8.69. The van der Waals surface area contributed by atoms with Crippen molar-refractivity contribution in [3.63, 3.8) is 0 Å². The van der Waals surface area contributed by atoms with Crippen LogP contribution in [0.3, 0.4) is 0 Å². The lowest BCUT2D eigenvalue weighted by Gasteiger charge is -2.43. The molecule has 15 nitrogen and oxygen atoms in total. The smallest absolute Gasteiger partial charge is 0.435 e. The molecule has 1 aliphatic heterocycles. The van der Waals surface area contributed by atoms with Crippen LogP contribution in [-0.2, 0) is 20.5 Å². The summed E-state index contributed by atoms with van der Waals surface area (Å²) in [6.07, 6.45) is -4.92. The molecule has 1 saturated heterocycles. The van der Waals surface area contributed by atoms with Crippen molar-refractivity contribution >= 4 is 76.5 Å². The third-order valence-electron chi connectivity index (χ3n) is 10.3. The maximum absolute atomic E-state index is 14.6. The monoisotopic (exact) mass is 934 g/mol. The van der Waals surface area contributed by atoms with E-state index in [0.29, 0.717) is 0 Å². The van der Waals surface area contributed by atoms with Crippen LogP contribution in [-0.4, -0.2) is 104 Å². The van der Waals surface area contributed by atoms with Crippen molar-refractivity contribution in [3.05, 3.63) is 80.3 Å². The molecular weight excluding hydrogens is 894 g/mol. The van der Waals surface area contributed by atoms with E-state index in [1.807, 2.05) is 0 Å². The summed E-state index contributed by atoms with van der Waals surface area (Å²) in [6, 6.07) is 10.3. The molecule has 1 fully saturated rings. The maximum Gasteiger partial charge on any atom is 0.435 e. The topological polar surface area (TPSA) is 223 Å². The molecule has 7 atom stereocenters. The summed E-state index contributed by atoms with van der Waals surface area (Å²) in [5.74, 6) is -2.34. The van der Waals surface area contributed by atoms with Crippen molar-refractivity contribution < 1.29 is 53.3 Å². The third-order valence-corrected chi connectivity index (χ3v) is 13.1. The van der Waals surface area contributed by atoms with Crippen molar-refractivity contribution in [3.8, 4) is 23.0 Å². The van der Waals surface area contributed by atoms with Crippen LogP contribution in [0.15, 0.2) is 52.0 Å². The highest BCUT2D eigenvalue weighted by molar-refractivity contribution is 9.10. The van der Waals surface area contributed by atoms with Crippen molar-refractivity contribution in [1.82, 2.24) is 9.87 Å². The van der Waals surface area contributed by atoms with Crippen LogP contribution in [0, 0.1) is 0 Å². The number of nitrogens with zero attached hydrogens (tertiary/aromatic N) is 2. The highest BCUT2D eigenvalue weighted by atomic mass is 79.9. The first-order valence-corrected chi connectivity index (χ1v) is 21.1. The fourth-order valence-electron chi connectivity index (χ4n) is 7.26. The van der Waals surface area contributed by atoms with Crippen LogP contribution < -0.4 is 20.2 Å². The number of methoxy groups -OCH3 is 1. The summed E-state index contributed by atoms with van der Waals surface area (Å²) in [4.78, 5) is 28.1. The van der Waals surface area contributed by atoms with Gasteiger partial charge in [0.2, 0.25) is 5.78 Å². The van der Waals surface area contributed by atoms with Crippen LogP contribution in [0.5, 0.6) is 23.0 Å². The summed E-state index contributed by atoms with van der Waals surface area (Å²) < 4.78 is 40.4. The highest BCUT2D eigenvalue weighted by Gasteiger charge is 2.49. The number of rotatable bonds is 13. The second kappa shape index (κ2) is 18.1. The van der Waals surface area contributed by atoms with E-state index in [2.05, 4.69) is 26.2 Å². The number of phenols is 2. The Morgan fingerprint density at radius 1 is 1.09 bits per heavy atom. The summed E-state index contributed by atoms with van der Waals surface area (Å²) in [5, 5.41) is 53.7. The molecule has 1 heterocycles.